The maximum Gasteiger partial charge on any atom is 0.304 e. The van der Waals surface area contributed by atoms with Gasteiger partial charge in [0.1, 0.15) is 0 Å². The number of rotatable bonds is 9. The lowest BCUT2D eigenvalue weighted by atomic mass is 10.2. The summed E-state index contributed by atoms with van der Waals surface area (Å²) in [6.45, 7) is 5.75. The van der Waals surface area contributed by atoms with Crippen LogP contribution in [-0.2, 0) is 14.4 Å². The van der Waals surface area contributed by atoms with Crippen LogP contribution in [0.4, 0.5) is 0 Å². The van der Waals surface area contributed by atoms with E-state index < -0.39 is 17.9 Å². The van der Waals surface area contributed by atoms with Gasteiger partial charge in [0, 0.05) is 15.7 Å². The van der Waals surface area contributed by atoms with Crippen LogP contribution in [0.25, 0.3) is 0 Å². The summed E-state index contributed by atoms with van der Waals surface area (Å²) in [4.78, 5) is 29.8. The Balaban J connectivity index is -0.000000276. The molecule has 9 heteroatoms. The van der Waals surface area contributed by atoms with Gasteiger partial charge in [-0.05, 0) is 19.3 Å². The van der Waals surface area contributed by atoms with Gasteiger partial charge in [0.15, 0.2) is 0 Å². The van der Waals surface area contributed by atoms with Gasteiger partial charge in [-0.3, -0.25) is 14.4 Å². The Morgan fingerprint density at radius 3 is 0.833 bits per heavy atom. The van der Waals surface area contributed by atoms with Crippen LogP contribution in [-0.4, -0.2) is 49.0 Å². The minimum Gasteiger partial charge on any atom is -0.481 e. The third-order valence-electron chi connectivity index (χ3n) is 2.64. The monoisotopic (exact) mass is 402 g/mol. The minimum absolute atomic E-state index is 0.0208. The molecule has 144 valence electrons. The molecule has 0 fully saturated rings. The average molecular weight is 403 g/mol. The van der Waals surface area contributed by atoms with Gasteiger partial charge in [0.25, 0.3) is 0 Å². The number of hydrogen-bond donors (Lipinski definition) is 6. The number of carbonyl (C=O) groups is 3. The van der Waals surface area contributed by atoms with Crippen LogP contribution < -0.4 is 0 Å². The molecule has 0 bridgehead atoms. The molecule has 0 aliphatic rings. The number of carboxylic acid groups (broad SMARTS) is 3. The molecule has 0 rings (SSSR count). The van der Waals surface area contributed by atoms with Crippen LogP contribution in [0, 0.1) is 0 Å². The van der Waals surface area contributed by atoms with E-state index in [0.717, 1.165) is 19.3 Å². The van der Waals surface area contributed by atoms with Crippen LogP contribution in [0.15, 0.2) is 0 Å². The van der Waals surface area contributed by atoms with Gasteiger partial charge in [-0.15, -0.1) is 0 Å². The van der Waals surface area contributed by atoms with Gasteiger partial charge >= 0.3 is 17.9 Å². The zero-order valence-corrected chi connectivity index (χ0v) is 17.1. The summed E-state index contributed by atoms with van der Waals surface area (Å²) >= 11 is 12.0. The number of carboxylic acids is 3. The first kappa shape index (κ1) is 28.3. The third-order valence-corrected chi connectivity index (χ3v) is 4.29. The van der Waals surface area contributed by atoms with E-state index in [1.165, 1.54) is 0 Å². The lowest BCUT2D eigenvalue weighted by Crippen LogP contribution is -2.05. The summed E-state index contributed by atoms with van der Waals surface area (Å²) in [5.74, 6) is -2.31. The van der Waals surface area contributed by atoms with E-state index in [1.54, 1.807) is 0 Å². The van der Waals surface area contributed by atoms with Gasteiger partial charge in [-0.1, -0.05) is 20.8 Å². The van der Waals surface area contributed by atoms with Gasteiger partial charge in [-0.2, -0.15) is 37.9 Å². The van der Waals surface area contributed by atoms with Gasteiger partial charge in [-0.25, -0.2) is 0 Å². The second-order valence-electron chi connectivity index (χ2n) is 4.98. The highest BCUT2D eigenvalue weighted by Gasteiger charge is 2.05. The van der Waals surface area contributed by atoms with E-state index in [1.807, 2.05) is 20.8 Å². The molecule has 3 unspecified atom stereocenters. The molecule has 0 spiro atoms. The topological polar surface area (TPSA) is 112 Å². The Hall–Kier alpha value is -0.540. The maximum atomic E-state index is 9.92. The van der Waals surface area contributed by atoms with Crippen molar-refractivity contribution in [1.29, 1.82) is 0 Å². The Morgan fingerprint density at radius 1 is 0.625 bits per heavy atom. The molecule has 0 radical (unpaired) electrons. The number of aliphatic carboxylic acids is 3. The second kappa shape index (κ2) is 18.8. The lowest BCUT2D eigenvalue weighted by Gasteiger charge is -1.99. The van der Waals surface area contributed by atoms with E-state index in [9.17, 15) is 14.4 Å². The first-order valence-corrected chi connectivity index (χ1v) is 9.24. The molecule has 0 aromatic heterocycles. The molecular weight excluding hydrogens is 372 g/mol. The highest BCUT2D eigenvalue weighted by molar-refractivity contribution is 7.81. The molecule has 0 aromatic rings. The Labute approximate surface area is 160 Å². The smallest absolute Gasteiger partial charge is 0.304 e. The van der Waals surface area contributed by atoms with Crippen molar-refractivity contribution in [1.82, 2.24) is 0 Å². The molecule has 24 heavy (non-hydrogen) atoms. The second-order valence-corrected chi connectivity index (χ2v) is 7.17. The van der Waals surface area contributed by atoms with Crippen molar-refractivity contribution < 1.29 is 29.7 Å². The van der Waals surface area contributed by atoms with Crippen LogP contribution in [0.2, 0.25) is 0 Å². The molecule has 0 aliphatic heterocycles. The third kappa shape index (κ3) is 29.5. The standard InChI is InChI=1S/3C5H10O2S/c3*1-2-4(8)3-5(6)7/h3*4,8H,2-3H2,1H3,(H,6,7). The van der Waals surface area contributed by atoms with Crippen LogP contribution in [0.1, 0.15) is 59.3 Å². The number of thiol groups is 3. The first-order valence-electron chi connectivity index (χ1n) is 7.69. The van der Waals surface area contributed by atoms with E-state index in [0.29, 0.717) is 0 Å². The predicted molar refractivity (Wildman–Crippen MR) is 106 cm³/mol. The fraction of sp³-hybridized carbons (Fsp3) is 0.800. The van der Waals surface area contributed by atoms with Crippen molar-refractivity contribution in [3.05, 3.63) is 0 Å². The fourth-order valence-electron chi connectivity index (χ4n) is 1.04. The summed E-state index contributed by atoms with van der Waals surface area (Å²) in [5, 5.41) is 24.6. The summed E-state index contributed by atoms with van der Waals surface area (Å²) in [7, 11) is 0. The van der Waals surface area contributed by atoms with Gasteiger partial charge in [0.2, 0.25) is 0 Å². The first-order chi connectivity index (χ1) is 11.0. The maximum absolute atomic E-state index is 9.92. The molecule has 0 heterocycles. The highest BCUT2D eigenvalue weighted by Crippen LogP contribution is 2.05. The van der Waals surface area contributed by atoms with E-state index in [-0.39, 0.29) is 35.0 Å². The Morgan fingerprint density at radius 2 is 0.792 bits per heavy atom. The van der Waals surface area contributed by atoms with E-state index in [2.05, 4.69) is 37.9 Å². The van der Waals surface area contributed by atoms with Crippen molar-refractivity contribution >= 4 is 55.8 Å². The molecule has 0 aliphatic carbocycles. The fourth-order valence-corrected chi connectivity index (χ4v) is 1.51. The largest absolute Gasteiger partial charge is 0.481 e. The summed E-state index contributed by atoms with van der Waals surface area (Å²) in [6, 6.07) is 0. The predicted octanol–water partition coefficient (Wildman–Crippen LogP) is 3.51. The molecule has 0 amide bonds. The number of hydrogen-bond acceptors (Lipinski definition) is 6. The SMILES string of the molecule is CCC(S)CC(=O)O.CCC(S)CC(=O)O.CCC(S)CC(=O)O. The molecule has 6 nitrogen and oxygen atoms in total. The normalized spacial score (nSPS) is 13.2. The van der Waals surface area contributed by atoms with Crippen LogP contribution in [0.5, 0.6) is 0 Å². The molecule has 3 N–H and O–H groups in total. The van der Waals surface area contributed by atoms with Crippen LogP contribution >= 0.6 is 37.9 Å². The van der Waals surface area contributed by atoms with Crippen molar-refractivity contribution in [3.8, 4) is 0 Å². The molecular formula is C15H30O6S3. The van der Waals surface area contributed by atoms with E-state index >= 15 is 0 Å². The summed E-state index contributed by atoms with van der Waals surface area (Å²) < 4.78 is 0. The summed E-state index contributed by atoms with van der Waals surface area (Å²) in [5.41, 5.74) is 0. The van der Waals surface area contributed by atoms with Crippen molar-refractivity contribution in [2.75, 3.05) is 0 Å². The Kier molecular flexibility index (Phi) is 22.1. The molecule has 0 saturated carbocycles. The minimum atomic E-state index is -0.771. The van der Waals surface area contributed by atoms with Crippen molar-refractivity contribution in [2.45, 2.75) is 75.0 Å². The van der Waals surface area contributed by atoms with Crippen molar-refractivity contribution in [2.24, 2.45) is 0 Å². The van der Waals surface area contributed by atoms with Crippen molar-refractivity contribution in [3.63, 3.8) is 0 Å². The molecule has 3 atom stereocenters. The average Bonchev–Trinajstić information content (AvgIpc) is 2.46. The lowest BCUT2D eigenvalue weighted by molar-refractivity contribution is -0.138. The van der Waals surface area contributed by atoms with Crippen LogP contribution in [0.3, 0.4) is 0 Å². The van der Waals surface area contributed by atoms with E-state index in [4.69, 9.17) is 15.3 Å². The zero-order valence-electron chi connectivity index (χ0n) is 14.4. The zero-order chi connectivity index (χ0) is 19.7. The van der Waals surface area contributed by atoms with Gasteiger partial charge < -0.3 is 15.3 Å². The summed E-state index contributed by atoms with van der Waals surface area (Å²) in [6.07, 6.45) is 2.94. The highest BCUT2D eigenvalue weighted by atomic mass is 32.1. The van der Waals surface area contributed by atoms with Gasteiger partial charge in [0.05, 0.1) is 19.3 Å². The molecule has 0 saturated heterocycles. The molecule has 0 aromatic carbocycles. The Bertz CT molecular complexity index is 300. The quantitative estimate of drug-likeness (QED) is 0.329.